The van der Waals surface area contributed by atoms with Gasteiger partial charge in [-0.1, -0.05) is 11.6 Å². The number of nitrogen functional groups attached to an aromatic ring is 1. The number of hydrogen-bond donors (Lipinski definition) is 3. The highest BCUT2D eigenvalue weighted by atomic mass is 35.5. The van der Waals surface area contributed by atoms with Gasteiger partial charge in [0.15, 0.2) is 0 Å². The van der Waals surface area contributed by atoms with E-state index in [-0.39, 0.29) is 18.3 Å². The molecule has 0 atom stereocenters. The summed E-state index contributed by atoms with van der Waals surface area (Å²) in [5.74, 6) is 5.02. The first-order chi connectivity index (χ1) is 6.13. The van der Waals surface area contributed by atoms with Crippen LogP contribution in [0.3, 0.4) is 0 Å². The number of nitrogens with one attached hydrogen (secondary N) is 2. The molecule has 14 heavy (non-hydrogen) atoms. The second-order valence-corrected chi connectivity index (χ2v) is 2.93. The molecular formula is C8H11Cl2N3O. The van der Waals surface area contributed by atoms with Crippen molar-refractivity contribution in [2.24, 2.45) is 5.84 Å². The van der Waals surface area contributed by atoms with Crippen LogP contribution < -0.4 is 16.6 Å². The Labute approximate surface area is 93.2 Å². The van der Waals surface area contributed by atoms with Crippen LogP contribution in [0.1, 0.15) is 6.92 Å². The fourth-order valence-electron chi connectivity index (χ4n) is 0.896. The zero-order chi connectivity index (χ0) is 9.84. The maximum Gasteiger partial charge on any atom is 0.221 e. The van der Waals surface area contributed by atoms with Crippen molar-refractivity contribution < 1.29 is 4.79 Å². The molecule has 0 aromatic heterocycles. The summed E-state index contributed by atoms with van der Waals surface area (Å²) < 4.78 is 0. The van der Waals surface area contributed by atoms with Crippen LogP contribution in [0.4, 0.5) is 11.4 Å². The molecule has 1 amide bonds. The van der Waals surface area contributed by atoms with Crippen LogP contribution in [-0.2, 0) is 4.79 Å². The van der Waals surface area contributed by atoms with Gasteiger partial charge in [0.25, 0.3) is 0 Å². The number of carbonyl (C=O) groups is 1. The van der Waals surface area contributed by atoms with E-state index >= 15 is 0 Å². The van der Waals surface area contributed by atoms with Crippen LogP contribution in [-0.4, -0.2) is 5.91 Å². The van der Waals surface area contributed by atoms with Crippen LogP contribution in [0.15, 0.2) is 18.2 Å². The topological polar surface area (TPSA) is 67.2 Å². The highest BCUT2D eigenvalue weighted by Gasteiger charge is 2.01. The lowest BCUT2D eigenvalue weighted by Crippen LogP contribution is -2.08. The summed E-state index contributed by atoms with van der Waals surface area (Å²) in [6, 6.07) is 5.03. The number of rotatable bonds is 2. The van der Waals surface area contributed by atoms with Gasteiger partial charge in [-0.2, -0.15) is 0 Å². The van der Waals surface area contributed by atoms with Gasteiger partial charge in [-0.15, -0.1) is 12.4 Å². The number of amides is 1. The monoisotopic (exact) mass is 235 g/mol. The van der Waals surface area contributed by atoms with Crippen molar-refractivity contribution in [1.82, 2.24) is 0 Å². The van der Waals surface area contributed by atoms with Gasteiger partial charge < -0.3 is 10.7 Å². The number of halogens is 2. The van der Waals surface area contributed by atoms with E-state index < -0.39 is 0 Å². The molecule has 0 aliphatic rings. The van der Waals surface area contributed by atoms with Gasteiger partial charge in [0, 0.05) is 6.92 Å². The van der Waals surface area contributed by atoms with Crippen molar-refractivity contribution in [3.05, 3.63) is 23.2 Å². The maximum atomic E-state index is 10.7. The molecule has 0 spiro atoms. The van der Waals surface area contributed by atoms with Gasteiger partial charge in [0.2, 0.25) is 5.91 Å². The van der Waals surface area contributed by atoms with E-state index in [9.17, 15) is 4.79 Å². The van der Waals surface area contributed by atoms with Crippen molar-refractivity contribution in [3.63, 3.8) is 0 Å². The van der Waals surface area contributed by atoms with E-state index in [2.05, 4.69) is 10.7 Å². The van der Waals surface area contributed by atoms with Crippen molar-refractivity contribution in [1.29, 1.82) is 0 Å². The summed E-state index contributed by atoms with van der Waals surface area (Å²) in [5.41, 5.74) is 3.72. The Morgan fingerprint density at radius 2 is 2.14 bits per heavy atom. The molecule has 0 aliphatic carbocycles. The van der Waals surface area contributed by atoms with Crippen molar-refractivity contribution in [2.75, 3.05) is 10.7 Å². The third-order valence-electron chi connectivity index (χ3n) is 1.45. The largest absolute Gasteiger partial charge is 0.325 e. The zero-order valence-corrected chi connectivity index (χ0v) is 9.08. The van der Waals surface area contributed by atoms with E-state index in [1.807, 2.05) is 0 Å². The molecule has 1 aromatic carbocycles. The minimum Gasteiger partial charge on any atom is -0.325 e. The first-order valence-electron chi connectivity index (χ1n) is 3.67. The highest BCUT2D eigenvalue weighted by molar-refractivity contribution is 6.34. The minimum absolute atomic E-state index is 0. The first-order valence-corrected chi connectivity index (χ1v) is 4.05. The molecule has 4 nitrogen and oxygen atoms in total. The molecule has 0 bridgehead atoms. The fraction of sp³-hybridized carbons (Fsp3) is 0.125. The predicted molar refractivity (Wildman–Crippen MR) is 60.8 cm³/mol. The second kappa shape index (κ2) is 5.70. The van der Waals surface area contributed by atoms with Crippen LogP contribution in [0.25, 0.3) is 0 Å². The number of carbonyl (C=O) groups excluding carboxylic acids is 1. The second-order valence-electron chi connectivity index (χ2n) is 2.52. The van der Waals surface area contributed by atoms with Gasteiger partial charge in [-0.05, 0) is 18.2 Å². The number of hydrogen-bond acceptors (Lipinski definition) is 3. The molecule has 0 saturated heterocycles. The Bertz CT molecular complexity index is 330. The lowest BCUT2D eigenvalue weighted by molar-refractivity contribution is -0.114. The van der Waals surface area contributed by atoms with Crippen molar-refractivity contribution >= 4 is 41.3 Å². The molecule has 0 aliphatic heterocycles. The third kappa shape index (κ3) is 3.41. The van der Waals surface area contributed by atoms with Crippen LogP contribution >= 0.6 is 24.0 Å². The van der Waals surface area contributed by atoms with E-state index in [1.54, 1.807) is 18.2 Å². The lowest BCUT2D eigenvalue weighted by atomic mass is 10.3. The third-order valence-corrected chi connectivity index (χ3v) is 1.76. The molecule has 1 aromatic rings. The molecule has 4 N–H and O–H groups in total. The van der Waals surface area contributed by atoms with Gasteiger partial charge in [0.1, 0.15) is 0 Å². The summed E-state index contributed by atoms with van der Waals surface area (Å²) in [7, 11) is 0. The Hall–Kier alpha value is -0.970. The molecule has 78 valence electrons. The predicted octanol–water partition coefficient (Wildman–Crippen LogP) is 2.01. The highest BCUT2D eigenvalue weighted by Crippen LogP contribution is 2.24. The quantitative estimate of drug-likeness (QED) is 0.543. The van der Waals surface area contributed by atoms with E-state index in [0.29, 0.717) is 16.4 Å². The zero-order valence-electron chi connectivity index (χ0n) is 7.50. The van der Waals surface area contributed by atoms with E-state index in [4.69, 9.17) is 17.4 Å². The Balaban J connectivity index is 0.00000169. The standard InChI is InChI=1S/C8H10ClN3O.ClH/c1-5(13)11-8-3-2-6(12-10)4-7(8)9;/h2-4,12H,10H2,1H3,(H,11,13);1H. The van der Waals surface area contributed by atoms with Crippen LogP contribution in [0, 0.1) is 0 Å². The SMILES string of the molecule is CC(=O)Nc1ccc(NN)cc1Cl.Cl. The lowest BCUT2D eigenvalue weighted by Gasteiger charge is -2.06. The van der Waals surface area contributed by atoms with E-state index in [0.717, 1.165) is 0 Å². The number of nitrogens with two attached hydrogens (primary N) is 1. The average Bonchev–Trinajstić information content (AvgIpc) is 2.08. The van der Waals surface area contributed by atoms with Crippen LogP contribution in [0.2, 0.25) is 5.02 Å². The average molecular weight is 236 g/mol. The maximum absolute atomic E-state index is 10.7. The van der Waals surface area contributed by atoms with Gasteiger partial charge >= 0.3 is 0 Å². The number of hydrazine groups is 1. The Kier molecular flexibility index (Phi) is 5.30. The molecule has 0 saturated carbocycles. The van der Waals surface area contributed by atoms with Gasteiger partial charge in [-0.3, -0.25) is 10.6 Å². The summed E-state index contributed by atoms with van der Waals surface area (Å²) in [5, 5.41) is 3.03. The molecule has 0 heterocycles. The molecule has 0 radical (unpaired) electrons. The molecular weight excluding hydrogens is 225 g/mol. The summed E-state index contributed by atoms with van der Waals surface area (Å²) in [6.07, 6.45) is 0. The molecule has 0 unspecified atom stereocenters. The smallest absolute Gasteiger partial charge is 0.221 e. The van der Waals surface area contributed by atoms with E-state index in [1.165, 1.54) is 6.92 Å². The fourth-order valence-corrected chi connectivity index (χ4v) is 1.12. The summed E-state index contributed by atoms with van der Waals surface area (Å²) in [6.45, 7) is 1.42. The first kappa shape index (κ1) is 13.0. The normalized spacial score (nSPS) is 8.79. The molecule has 1 rings (SSSR count). The number of benzene rings is 1. The Morgan fingerprint density at radius 1 is 1.50 bits per heavy atom. The molecule has 0 fully saturated rings. The van der Waals surface area contributed by atoms with Crippen molar-refractivity contribution in [3.8, 4) is 0 Å². The van der Waals surface area contributed by atoms with Crippen molar-refractivity contribution in [2.45, 2.75) is 6.92 Å². The van der Waals surface area contributed by atoms with Gasteiger partial charge in [0.05, 0.1) is 16.4 Å². The summed E-state index contributed by atoms with van der Waals surface area (Å²) in [4.78, 5) is 10.7. The number of anilines is 2. The summed E-state index contributed by atoms with van der Waals surface area (Å²) >= 11 is 5.84. The Morgan fingerprint density at radius 3 is 2.57 bits per heavy atom. The molecule has 6 heteroatoms. The van der Waals surface area contributed by atoms with Gasteiger partial charge in [-0.25, -0.2) is 0 Å². The van der Waals surface area contributed by atoms with Crippen LogP contribution in [0.5, 0.6) is 0 Å². The minimum atomic E-state index is -0.157.